The fourth-order valence-electron chi connectivity index (χ4n) is 4.75. The molecule has 3 rings (SSSR count). The normalized spacial score (nSPS) is 15.7. The molecule has 0 aliphatic carbocycles. The molecule has 1 aliphatic rings. The summed E-state index contributed by atoms with van der Waals surface area (Å²) in [5, 5.41) is 3.77. The van der Waals surface area contributed by atoms with Gasteiger partial charge in [0.2, 0.25) is 0 Å². The lowest BCUT2D eigenvalue weighted by atomic mass is 10.0. The Labute approximate surface area is 216 Å². The summed E-state index contributed by atoms with van der Waals surface area (Å²) in [6.45, 7) is 12.5. The predicted molar refractivity (Wildman–Crippen MR) is 148 cm³/mol. The van der Waals surface area contributed by atoms with Crippen LogP contribution in [0, 0.1) is 5.82 Å². The molecule has 0 amide bonds. The Morgan fingerprint density at radius 2 is 1.75 bits per heavy atom. The number of nitrogens with zero attached hydrogens (tertiary/aromatic N) is 3. The molecule has 6 heteroatoms. The van der Waals surface area contributed by atoms with Gasteiger partial charge in [0, 0.05) is 12.6 Å². The first kappa shape index (κ1) is 27.6. The number of methoxy groups -OCH3 is 1. The Morgan fingerprint density at radius 3 is 2.33 bits per heavy atom. The van der Waals surface area contributed by atoms with Gasteiger partial charge in [-0.1, -0.05) is 36.4 Å². The minimum atomic E-state index is -0.215. The third-order valence-electron chi connectivity index (χ3n) is 6.86. The number of rotatable bonds is 13. The van der Waals surface area contributed by atoms with E-state index in [1.54, 1.807) is 7.11 Å². The maximum absolute atomic E-state index is 13.4. The summed E-state index contributed by atoms with van der Waals surface area (Å²) in [6, 6.07) is 15.6. The van der Waals surface area contributed by atoms with E-state index in [0.717, 1.165) is 61.6 Å². The summed E-state index contributed by atoms with van der Waals surface area (Å²) in [6.07, 6.45) is 8.58. The average molecular weight is 493 g/mol. The van der Waals surface area contributed by atoms with E-state index in [2.05, 4.69) is 45.0 Å². The number of piperidine rings is 1. The van der Waals surface area contributed by atoms with Crippen LogP contribution in [0.1, 0.15) is 44.2 Å². The second-order valence-electron chi connectivity index (χ2n) is 9.26. The molecule has 1 heterocycles. The van der Waals surface area contributed by atoms with E-state index in [9.17, 15) is 4.39 Å². The zero-order valence-corrected chi connectivity index (χ0v) is 22.0. The molecular formula is C30H41FN4O. The van der Waals surface area contributed by atoms with Crippen molar-refractivity contribution >= 4 is 6.72 Å². The van der Waals surface area contributed by atoms with Crippen molar-refractivity contribution in [2.75, 3.05) is 33.4 Å². The van der Waals surface area contributed by atoms with Gasteiger partial charge in [0.25, 0.3) is 0 Å². The smallest absolute Gasteiger partial charge is 0.123 e. The molecule has 1 saturated heterocycles. The SMILES string of the molecule is C=NC(=C/C)/C(=C\C)N(CNC1CCN(CCCc2ccc(OC)cc2)CC1)Cc1ccc(F)cc1. The number of hydrogen-bond acceptors (Lipinski definition) is 5. The molecule has 36 heavy (non-hydrogen) atoms. The molecule has 1 N–H and O–H groups in total. The molecule has 0 unspecified atom stereocenters. The molecule has 1 fully saturated rings. The Kier molecular flexibility index (Phi) is 11.2. The van der Waals surface area contributed by atoms with Crippen LogP contribution in [0.15, 0.2) is 77.1 Å². The van der Waals surface area contributed by atoms with Crippen LogP contribution in [0.25, 0.3) is 0 Å². The topological polar surface area (TPSA) is 40.1 Å². The summed E-state index contributed by atoms with van der Waals surface area (Å²) >= 11 is 0. The van der Waals surface area contributed by atoms with Gasteiger partial charge in [-0.25, -0.2) is 4.39 Å². The van der Waals surface area contributed by atoms with Crippen molar-refractivity contribution in [3.63, 3.8) is 0 Å². The highest BCUT2D eigenvalue weighted by molar-refractivity contribution is 5.38. The van der Waals surface area contributed by atoms with Crippen LogP contribution >= 0.6 is 0 Å². The summed E-state index contributed by atoms with van der Waals surface area (Å²) in [7, 11) is 1.70. The van der Waals surface area contributed by atoms with E-state index in [1.807, 2.05) is 44.2 Å². The summed E-state index contributed by atoms with van der Waals surface area (Å²) < 4.78 is 18.7. The third-order valence-corrected chi connectivity index (χ3v) is 6.86. The largest absolute Gasteiger partial charge is 0.497 e. The predicted octanol–water partition coefficient (Wildman–Crippen LogP) is 5.79. The standard InChI is InChI=1S/C30H41FN4O/c1-5-29(32-3)30(6-2)35(22-25-9-13-26(31)14-10-25)23-33-27-17-20-34(21-18-27)19-7-8-24-11-15-28(36-4)16-12-24/h5-6,9-16,27,33H,3,7-8,17-23H2,1-2,4H3/b29-5+,30-6+. The van der Waals surface area contributed by atoms with Crippen LogP contribution in [0.2, 0.25) is 0 Å². The number of allylic oxidation sites excluding steroid dienone is 2. The second kappa shape index (κ2) is 14.6. The third kappa shape index (κ3) is 8.32. The Bertz CT molecular complexity index is 993. The highest BCUT2D eigenvalue weighted by Gasteiger charge is 2.20. The minimum absolute atomic E-state index is 0.215. The monoisotopic (exact) mass is 492 g/mol. The van der Waals surface area contributed by atoms with Crippen LogP contribution in [0.4, 0.5) is 4.39 Å². The number of aliphatic imine (C=N–C) groups is 1. The molecule has 1 aliphatic heterocycles. The van der Waals surface area contributed by atoms with Crippen LogP contribution in [0.5, 0.6) is 5.75 Å². The lowest BCUT2D eigenvalue weighted by molar-refractivity contribution is 0.181. The molecule has 5 nitrogen and oxygen atoms in total. The molecule has 194 valence electrons. The summed E-state index contributed by atoms with van der Waals surface area (Å²) in [5.74, 6) is 0.695. The van der Waals surface area contributed by atoms with Crippen molar-refractivity contribution in [1.82, 2.24) is 15.1 Å². The van der Waals surface area contributed by atoms with Crippen LogP contribution in [-0.2, 0) is 13.0 Å². The first-order chi connectivity index (χ1) is 17.6. The second-order valence-corrected chi connectivity index (χ2v) is 9.26. The molecule has 0 spiro atoms. The first-order valence-corrected chi connectivity index (χ1v) is 12.9. The van der Waals surface area contributed by atoms with Gasteiger partial charge in [-0.3, -0.25) is 10.3 Å². The minimum Gasteiger partial charge on any atom is -0.497 e. The molecule has 0 radical (unpaired) electrons. The van der Waals surface area contributed by atoms with E-state index in [4.69, 9.17) is 4.74 Å². The van der Waals surface area contributed by atoms with Crippen molar-refractivity contribution in [1.29, 1.82) is 0 Å². The van der Waals surface area contributed by atoms with Gasteiger partial charge in [0.05, 0.1) is 25.2 Å². The van der Waals surface area contributed by atoms with E-state index in [1.165, 1.54) is 24.1 Å². The van der Waals surface area contributed by atoms with Crippen LogP contribution < -0.4 is 10.1 Å². The summed E-state index contributed by atoms with van der Waals surface area (Å²) in [4.78, 5) is 9.06. The number of hydrogen-bond donors (Lipinski definition) is 1. The quantitative estimate of drug-likeness (QED) is 0.218. The number of ether oxygens (including phenoxy) is 1. The zero-order valence-electron chi connectivity index (χ0n) is 22.0. The maximum atomic E-state index is 13.4. The van der Waals surface area contributed by atoms with Crippen molar-refractivity contribution in [2.24, 2.45) is 4.99 Å². The van der Waals surface area contributed by atoms with Crippen molar-refractivity contribution in [3.05, 3.63) is 89.0 Å². The highest BCUT2D eigenvalue weighted by atomic mass is 19.1. The van der Waals surface area contributed by atoms with Gasteiger partial charge in [0.15, 0.2) is 0 Å². The van der Waals surface area contributed by atoms with E-state index < -0.39 is 0 Å². The van der Waals surface area contributed by atoms with E-state index in [-0.39, 0.29) is 5.82 Å². The number of halogens is 1. The van der Waals surface area contributed by atoms with E-state index >= 15 is 0 Å². The molecule has 2 aromatic carbocycles. The van der Waals surface area contributed by atoms with Gasteiger partial charge in [-0.2, -0.15) is 0 Å². The Balaban J connectivity index is 1.49. The number of nitrogens with one attached hydrogen (secondary N) is 1. The van der Waals surface area contributed by atoms with Gasteiger partial charge in [-0.15, -0.1) is 0 Å². The van der Waals surface area contributed by atoms with E-state index in [0.29, 0.717) is 19.3 Å². The van der Waals surface area contributed by atoms with Crippen molar-refractivity contribution in [3.8, 4) is 5.75 Å². The molecule has 2 aromatic rings. The molecule has 0 bridgehead atoms. The lowest BCUT2D eigenvalue weighted by Crippen LogP contribution is -2.46. The summed E-state index contributed by atoms with van der Waals surface area (Å²) in [5.41, 5.74) is 4.31. The number of likely N-dealkylation sites (tertiary alicyclic amines) is 1. The molecule has 0 saturated carbocycles. The van der Waals surface area contributed by atoms with Crippen molar-refractivity contribution < 1.29 is 9.13 Å². The van der Waals surface area contributed by atoms with Gasteiger partial charge < -0.3 is 14.5 Å². The highest BCUT2D eigenvalue weighted by Crippen LogP contribution is 2.20. The van der Waals surface area contributed by atoms with Gasteiger partial charge >= 0.3 is 0 Å². The zero-order chi connectivity index (χ0) is 25.8. The first-order valence-electron chi connectivity index (χ1n) is 12.9. The average Bonchev–Trinajstić information content (AvgIpc) is 2.92. The van der Waals surface area contributed by atoms with Crippen molar-refractivity contribution in [2.45, 2.75) is 52.1 Å². The fourth-order valence-corrected chi connectivity index (χ4v) is 4.75. The fraction of sp³-hybridized carbons (Fsp3) is 0.433. The van der Waals surface area contributed by atoms with Gasteiger partial charge in [0.1, 0.15) is 11.6 Å². The Hall–Kier alpha value is -2.96. The Morgan fingerprint density at radius 1 is 1.08 bits per heavy atom. The van der Waals surface area contributed by atoms with Crippen LogP contribution in [0.3, 0.4) is 0 Å². The maximum Gasteiger partial charge on any atom is 0.123 e. The number of benzene rings is 2. The molecular weight excluding hydrogens is 451 g/mol. The van der Waals surface area contributed by atoms with Gasteiger partial charge in [-0.05, 0) is 101 Å². The number of aryl methyl sites for hydroxylation is 1. The molecule has 0 atom stereocenters. The van der Waals surface area contributed by atoms with Crippen LogP contribution in [-0.4, -0.2) is 56.0 Å². The molecule has 0 aromatic heterocycles. The lowest BCUT2D eigenvalue weighted by Gasteiger charge is -2.35.